The van der Waals surface area contributed by atoms with Crippen molar-refractivity contribution in [3.05, 3.63) is 35.5 Å². The summed E-state index contributed by atoms with van der Waals surface area (Å²) >= 11 is 0. The van der Waals surface area contributed by atoms with Crippen molar-refractivity contribution in [2.75, 3.05) is 6.54 Å². The van der Waals surface area contributed by atoms with Gasteiger partial charge in [0.2, 0.25) is 0 Å². The van der Waals surface area contributed by atoms with E-state index in [1.807, 2.05) is 19.9 Å². The van der Waals surface area contributed by atoms with Crippen LogP contribution in [0.2, 0.25) is 0 Å². The molecule has 0 amide bonds. The van der Waals surface area contributed by atoms with Gasteiger partial charge in [0, 0.05) is 6.54 Å². The molecule has 0 aliphatic heterocycles. The van der Waals surface area contributed by atoms with Gasteiger partial charge in [-0.1, -0.05) is 24.3 Å². The Kier molecular flexibility index (Phi) is 4.55. The Bertz CT molecular complexity index is 197. The molecule has 0 bridgehead atoms. The Hall–Kier alpha value is -0.820. The second-order valence-corrected chi connectivity index (χ2v) is 2.76. The van der Waals surface area contributed by atoms with Crippen molar-refractivity contribution < 1.29 is 0 Å². The average Bonchev–Trinajstić information content (AvgIpc) is 2.02. The van der Waals surface area contributed by atoms with E-state index in [0.29, 0.717) is 6.54 Å². The Morgan fingerprint density at radius 1 is 1.27 bits per heavy atom. The number of nitrogens with two attached hydrogens (primary N) is 1. The fourth-order valence-corrected chi connectivity index (χ4v) is 0.703. The van der Waals surface area contributed by atoms with Gasteiger partial charge in [0.1, 0.15) is 0 Å². The lowest BCUT2D eigenvalue weighted by Crippen LogP contribution is -1.99. The molecule has 1 nitrogen and oxygen atoms in total. The second kappa shape index (κ2) is 4.91. The van der Waals surface area contributed by atoms with E-state index < -0.39 is 0 Å². The topological polar surface area (TPSA) is 26.0 Å². The highest BCUT2D eigenvalue weighted by Gasteiger charge is 1.89. The Labute approximate surface area is 69.3 Å². The number of hydrogen-bond acceptors (Lipinski definition) is 1. The molecule has 2 N–H and O–H groups in total. The van der Waals surface area contributed by atoms with Crippen LogP contribution in [0.1, 0.15) is 20.8 Å². The molecule has 0 aromatic rings. The van der Waals surface area contributed by atoms with Gasteiger partial charge in [-0.15, -0.1) is 0 Å². The summed E-state index contributed by atoms with van der Waals surface area (Å²) < 4.78 is 0. The van der Waals surface area contributed by atoms with E-state index in [4.69, 9.17) is 5.73 Å². The predicted molar refractivity (Wildman–Crippen MR) is 51.4 cm³/mol. The van der Waals surface area contributed by atoms with Crippen LogP contribution in [0.25, 0.3) is 0 Å². The molecule has 1 heteroatoms. The largest absolute Gasteiger partial charge is 0.327 e. The van der Waals surface area contributed by atoms with E-state index in [9.17, 15) is 0 Å². The normalized spacial score (nSPS) is 14.4. The molecule has 0 fully saturated rings. The van der Waals surface area contributed by atoms with E-state index in [-0.39, 0.29) is 0 Å². The molecule has 0 aliphatic carbocycles. The van der Waals surface area contributed by atoms with E-state index in [1.54, 1.807) is 0 Å². The Balaban J connectivity index is 4.49. The van der Waals surface area contributed by atoms with E-state index in [2.05, 4.69) is 19.6 Å². The maximum atomic E-state index is 5.45. The average molecular weight is 151 g/mol. The maximum Gasteiger partial charge on any atom is 0.0137 e. The molecule has 11 heavy (non-hydrogen) atoms. The smallest absolute Gasteiger partial charge is 0.0137 e. The zero-order valence-corrected chi connectivity index (χ0v) is 7.65. The maximum absolute atomic E-state index is 5.45. The van der Waals surface area contributed by atoms with Crippen molar-refractivity contribution >= 4 is 0 Å². The lowest BCUT2D eigenvalue weighted by Gasteiger charge is -1.99. The molecule has 0 atom stereocenters. The number of rotatable bonds is 3. The molecule has 0 radical (unpaired) electrons. The van der Waals surface area contributed by atoms with Gasteiger partial charge >= 0.3 is 0 Å². The van der Waals surface area contributed by atoms with Crippen LogP contribution >= 0.6 is 0 Å². The molecule has 62 valence electrons. The van der Waals surface area contributed by atoms with Crippen LogP contribution < -0.4 is 5.73 Å². The zero-order valence-electron chi connectivity index (χ0n) is 7.65. The quantitative estimate of drug-likeness (QED) is 0.616. The first-order chi connectivity index (χ1) is 5.11. The van der Waals surface area contributed by atoms with Crippen LogP contribution in [0.4, 0.5) is 0 Å². The molecule has 0 rings (SSSR count). The van der Waals surface area contributed by atoms with E-state index in [0.717, 1.165) is 0 Å². The summed E-state index contributed by atoms with van der Waals surface area (Å²) in [5.74, 6) is 0. The number of allylic oxidation sites excluding steroid dienone is 4. The summed E-state index contributed by atoms with van der Waals surface area (Å²) in [7, 11) is 0. The van der Waals surface area contributed by atoms with Crippen LogP contribution in [0.15, 0.2) is 35.5 Å². The molecule has 0 heterocycles. The first-order valence-corrected chi connectivity index (χ1v) is 3.79. The summed E-state index contributed by atoms with van der Waals surface area (Å²) in [6, 6.07) is 0. The predicted octanol–water partition coefficient (Wildman–Crippen LogP) is 2.41. The number of hydrogen-bond donors (Lipinski definition) is 1. The highest BCUT2D eigenvalue weighted by Crippen LogP contribution is 2.07. The van der Waals surface area contributed by atoms with Crippen molar-refractivity contribution in [3.8, 4) is 0 Å². The summed E-state index contributed by atoms with van der Waals surface area (Å²) in [6.07, 6.45) is 3.95. The van der Waals surface area contributed by atoms with Gasteiger partial charge in [-0.25, -0.2) is 0 Å². The summed E-state index contributed by atoms with van der Waals surface area (Å²) in [5.41, 5.74) is 9.09. The van der Waals surface area contributed by atoms with Crippen molar-refractivity contribution in [2.45, 2.75) is 20.8 Å². The third kappa shape index (κ3) is 3.79. The SMILES string of the molecule is C=C/C(C)=C(C)\C=C(/C)CN. The Morgan fingerprint density at radius 2 is 1.82 bits per heavy atom. The molecular formula is C10H17N. The van der Waals surface area contributed by atoms with Crippen molar-refractivity contribution in [1.82, 2.24) is 0 Å². The first-order valence-electron chi connectivity index (χ1n) is 3.79. The van der Waals surface area contributed by atoms with Crippen molar-refractivity contribution in [2.24, 2.45) is 5.73 Å². The molecule has 0 aliphatic rings. The molecule has 0 saturated heterocycles. The lowest BCUT2D eigenvalue weighted by atomic mass is 10.1. The van der Waals surface area contributed by atoms with Crippen LogP contribution in [-0.4, -0.2) is 6.54 Å². The van der Waals surface area contributed by atoms with Crippen LogP contribution in [0.3, 0.4) is 0 Å². The van der Waals surface area contributed by atoms with Gasteiger partial charge < -0.3 is 5.73 Å². The molecule has 0 saturated carbocycles. The van der Waals surface area contributed by atoms with E-state index in [1.165, 1.54) is 16.7 Å². The third-order valence-corrected chi connectivity index (χ3v) is 1.71. The highest BCUT2D eigenvalue weighted by atomic mass is 14.5. The van der Waals surface area contributed by atoms with Gasteiger partial charge in [0.05, 0.1) is 0 Å². The third-order valence-electron chi connectivity index (χ3n) is 1.71. The minimum Gasteiger partial charge on any atom is -0.327 e. The molecule has 0 unspecified atom stereocenters. The van der Waals surface area contributed by atoms with E-state index >= 15 is 0 Å². The highest BCUT2D eigenvalue weighted by molar-refractivity contribution is 5.31. The van der Waals surface area contributed by atoms with Crippen molar-refractivity contribution in [3.63, 3.8) is 0 Å². The van der Waals surface area contributed by atoms with Gasteiger partial charge in [-0.05, 0) is 31.9 Å². The first kappa shape index (κ1) is 10.2. The van der Waals surface area contributed by atoms with Crippen LogP contribution in [0.5, 0.6) is 0 Å². The minimum atomic E-state index is 0.627. The monoisotopic (exact) mass is 151 g/mol. The van der Waals surface area contributed by atoms with Gasteiger partial charge in [-0.3, -0.25) is 0 Å². The van der Waals surface area contributed by atoms with Gasteiger partial charge in [0.15, 0.2) is 0 Å². The fourth-order valence-electron chi connectivity index (χ4n) is 0.703. The van der Waals surface area contributed by atoms with Crippen molar-refractivity contribution in [1.29, 1.82) is 0 Å². The van der Waals surface area contributed by atoms with Gasteiger partial charge in [0.25, 0.3) is 0 Å². The second-order valence-electron chi connectivity index (χ2n) is 2.76. The zero-order chi connectivity index (χ0) is 8.85. The molecule has 0 aromatic heterocycles. The van der Waals surface area contributed by atoms with Gasteiger partial charge in [-0.2, -0.15) is 0 Å². The molecule has 0 aromatic carbocycles. The summed E-state index contributed by atoms with van der Waals surface area (Å²) in [6.45, 7) is 10.5. The molecule has 0 spiro atoms. The Morgan fingerprint density at radius 3 is 2.18 bits per heavy atom. The van der Waals surface area contributed by atoms with Crippen LogP contribution in [0, 0.1) is 0 Å². The molecular weight excluding hydrogens is 134 g/mol. The minimum absolute atomic E-state index is 0.627. The summed E-state index contributed by atoms with van der Waals surface area (Å²) in [4.78, 5) is 0. The standard InChI is InChI=1S/C10H17N/c1-5-9(3)10(4)6-8(2)7-11/h5-6H,1,7,11H2,2-4H3/b8-6+,10-9-. The summed E-state index contributed by atoms with van der Waals surface area (Å²) in [5, 5.41) is 0. The lowest BCUT2D eigenvalue weighted by molar-refractivity contribution is 1.13. The van der Waals surface area contributed by atoms with Crippen LogP contribution in [-0.2, 0) is 0 Å². The fraction of sp³-hybridized carbons (Fsp3) is 0.400.